The minimum Gasteiger partial charge on any atom is -0.378 e. The first-order chi connectivity index (χ1) is 13.5. The lowest BCUT2D eigenvalue weighted by Gasteiger charge is -2.33. The van der Waals surface area contributed by atoms with Gasteiger partial charge >= 0.3 is 0 Å². The van der Waals surface area contributed by atoms with Gasteiger partial charge in [-0.3, -0.25) is 9.59 Å². The number of amides is 1. The molecule has 0 spiro atoms. The molecule has 1 unspecified atom stereocenters. The number of hydrogen-bond donors (Lipinski definition) is 0. The number of benzene rings is 1. The third-order valence-electron chi connectivity index (χ3n) is 6.44. The van der Waals surface area contributed by atoms with Crippen molar-refractivity contribution in [3.05, 3.63) is 35.4 Å². The van der Waals surface area contributed by atoms with Gasteiger partial charge in [0.15, 0.2) is 5.78 Å². The number of rotatable bonds is 7. The molecule has 0 radical (unpaired) electrons. The summed E-state index contributed by atoms with van der Waals surface area (Å²) in [6.45, 7) is 6.07. The van der Waals surface area contributed by atoms with Gasteiger partial charge in [0.1, 0.15) is 0 Å². The van der Waals surface area contributed by atoms with Crippen molar-refractivity contribution in [3.8, 4) is 0 Å². The predicted molar refractivity (Wildman–Crippen MR) is 112 cm³/mol. The maximum atomic E-state index is 12.6. The number of likely N-dealkylation sites (tertiary alicyclic amines) is 1. The van der Waals surface area contributed by atoms with Crippen LogP contribution in [0.2, 0.25) is 0 Å². The van der Waals surface area contributed by atoms with Gasteiger partial charge in [0.05, 0.1) is 12.5 Å². The largest absolute Gasteiger partial charge is 0.378 e. The SMILES string of the molecule is CC(=O)c1ccc(C2CCN(C(=O)CC(C)OCC3CCCCC3)CC2)cc1. The molecule has 4 nitrogen and oxygen atoms in total. The van der Waals surface area contributed by atoms with E-state index in [-0.39, 0.29) is 17.8 Å². The molecule has 154 valence electrons. The van der Waals surface area contributed by atoms with Crippen molar-refractivity contribution >= 4 is 11.7 Å². The molecule has 28 heavy (non-hydrogen) atoms. The molecule has 1 atom stereocenters. The van der Waals surface area contributed by atoms with Crippen LogP contribution in [0.25, 0.3) is 0 Å². The van der Waals surface area contributed by atoms with Crippen LogP contribution < -0.4 is 0 Å². The first-order valence-electron chi connectivity index (χ1n) is 11.0. The Labute approximate surface area is 169 Å². The standard InChI is InChI=1S/C24H35NO3/c1-18(28-17-20-6-4-3-5-7-20)16-24(27)25-14-12-23(13-15-25)22-10-8-21(9-11-22)19(2)26/h8-11,18,20,23H,3-7,12-17H2,1-2H3. The first-order valence-corrected chi connectivity index (χ1v) is 11.0. The zero-order valence-electron chi connectivity index (χ0n) is 17.5. The van der Waals surface area contributed by atoms with E-state index in [1.165, 1.54) is 37.7 Å². The fourth-order valence-corrected chi connectivity index (χ4v) is 4.54. The fourth-order valence-electron chi connectivity index (χ4n) is 4.54. The van der Waals surface area contributed by atoms with E-state index in [1.807, 2.05) is 24.0 Å². The highest BCUT2D eigenvalue weighted by atomic mass is 16.5. The summed E-state index contributed by atoms with van der Waals surface area (Å²) < 4.78 is 5.99. The molecule has 1 aliphatic heterocycles. The molecule has 1 aromatic rings. The van der Waals surface area contributed by atoms with Crippen LogP contribution in [-0.4, -0.2) is 42.4 Å². The third-order valence-corrected chi connectivity index (χ3v) is 6.44. The number of ether oxygens (including phenoxy) is 1. The number of hydrogen-bond acceptors (Lipinski definition) is 3. The summed E-state index contributed by atoms with van der Waals surface area (Å²) >= 11 is 0. The average molecular weight is 386 g/mol. The summed E-state index contributed by atoms with van der Waals surface area (Å²) in [7, 11) is 0. The number of piperidine rings is 1. The zero-order valence-corrected chi connectivity index (χ0v) is 17.5. The van der Waals surface area contributed by atoms with E-state index in [2.05, 4.69) is 12.1 Å². The highest BCUT2D eigenvalue weighted by Gasteiger charge is 2.25. The second kappa shape index (κ2) is 10.2. The molecule has 1 aliphatic carbocycles. The van der Waals surface area contributed by atoms with Gasteiger partial charge in [0.25, 0.3) is 0 Å². The molecule has 1 amide bonds. The average Bonchev–Trinajstić information content (AvgIpc) is 2.73. The lowest BCUT2D eigenvalue weighted by Crippen LogP contribution is -2.39. The molecule has 2 fully saturated rings. The van der Waals surface area contributed by atoms with Gasteiger partial charge in [-0.1, -0.05) is 43.5 Å². The van der Waals surface area contributed by atoms with Crippen LogP contribution in [0.3, 0.4) is 0 Å². The minimum absolute atomic E-state index is 0.00581. The Morgan fingerprint density at radius 2 is 1.68 bits per heavy atom. The van der Waals surface area contributed by atoms with E-state index in [0.29, 0.717) is 18.3 Å². The Balaban J connectivity index is 1.39. The summed E-state index contributed by atoms with van der Waals surface area (Å²) in [5.41, 5.74) is 2.04. The second-order valence-corrected chi connectivity index (χ2v) is 8.69. The number of carbonyl (C=O) groups excluding carboxylic acids is 2. The van der Waals surface area contributed by atoms with Gasteiger partial charge in [0, 0.05) is 25.3 Å². The maximum absolute atomic E-state index is 12.6. The van der Waals surface area contributed by atoms with Gasteiger partial charge in [-0.2, -0.15) is 0 Å². The third kappa shape index (κ3) is 5.91. The summed E-state index contributed by atoms with van der Waals surface area (Å²) in [4.78, 5) is 26.1. The quantitative estimate of drug-likeness (QED) is 0.623. The lowest BCUT2D eigenvalue weighted by atomic mass is 9.88. The van der Waals surface area contributed by atoms with Crippen molar-refractivity contribution in [2.75, 3.05) is 19.7 Å². The van der Waals surface area contributed by atoms with E-state index >= 15 is 0 Å². The first kappa shape index (κ1) is 21.0. The molecule has 0 aromatic heterocycles. The Kier molecular flexibility index (Phi) is 7.66. The van der Waals surface area contributed by atoms with Gasteiger partial charge in [-0.15, -0.1) is 0 Å². The molecular weight excluding hydrogens is 350 g/mol. The van der Waals surface area contributed by atoms with Crippen molar-refractivity contribution in [1.82, 2.24) is 4.90 Å². The minimum atomic E-state index is 0.00581. The fraction of sp³-hybridized carbons (Fsp3) is 0.667. The summed E-state index contributed by atoms with van der Waals surface area (Å²) in [6.07, 6.45) is 9.05. The van der Waals surface area contributed by atoms with Crippen LogP contribution >= 0.6 is 0 Å². The molecule has 1 heterocycles. The predicted octanol–water partition coefficient (Wildman–Crippen LogP) is 4.97. The zero-order chi connectivity index (χ0) is 19.9. The molecule has 0 bridgehead atoms. The molecule has 2 aliphatic rings. The van der Waals surface area contributed by atoms with E-state index in [9.17, 15) is 9.59 Å². The van der Waals surface area contributed by atoms with Crippen LogP contribution in [0.4, 0.5) is 0 Å². The number of ketones is 1. The summed E-state index contributed by atoms with van der Waals surface area (Å²) in [5.74, 6) is 1.50. The number of Topliss-reactive ketones (excluding diaryl/α,β-unsaturated/α-hetero) is 1. The Hall–Kier alpha value is -1.68. The van der Waals surface area contributed by atoms with Crippen molar-refractivity contribution in [2.45, 2.75) is 77.2 Å². The topological polar surface area (TPSA) is 46.6 Å². The molecule has 1 saturated carbocycles. The second-order valence-electron chi connectivity index (χ2n) is 8.69. The molecule has 3 rings (SSSR count). The molecule has 4 heteroatoms. The molecule has 1 aromatic carbocycles. The number of carbonyl (C=O) groups is 2. The van der Waals surface area contributed by atoms with Crippen LogP contribution in [0.5, 0.6) is 0 Å². The Morgan fingerprint density at radius 1 is 1.04 bits per heavy atom. The van der Waals surface area contributed by atoms with Crippen molar-refractivity contribution in [3.63, 3.8) is 0 Å². The highest BCUT2D eigenvalue weighted by molar-refractivity contribution is 5.94. The summed E-state index contributed by atoms with van der Waals surface area (Å²) in [6, 6.07) is 7.97. The Bertz CT molecular complexity index is 640. The van der Waals surface area contributed by atoms with Gasteiger partial charge < -0.3 is 9.64 Å². The van der Waals surface area contributed by atoms with Crippen LogP contribution in [0.1, 0.15) is 87.1 Å². The maximum Gasteiger partial charge on any atom is 0.225 e. The number of nitrogens with zero attached hydrogens (tertiary/aromatic N) is 1. The van der Waals surface area contributed by atoms with E-state index in [4.69, 9.17) is 4.74 Å². The summed E-state index contributed by atoms with van der Waals surface area (Å²) in [5, 5.41) is 0. The smallest absolute Gasteiger partial charge is 0.225 e. The molecule has 1 saturated heterocycles. The lowest BCUT2D eigenvalue weighted by molar-refractivity contribution is -0.135. The van der Waals surface area contributed by atoms with Crippen molar-refractivity contribution < 1.29 is 14.3 Å². The van der Waals surface area contributed by atoms with Crippen molar-refractivity contribution in [1.29, 1.82) is 0 Å². The van der Waals surface area contributed by atoms with Crippen LogP contribution in [0.15, 0.2) is 24.3 Å². The van der Waals surface area contributed by atoms with Crippen molar-refractivity contribution in [2.24, 2.45) is 5.92 Å². The van der Waals surface area contributed by atoms with Gasteiger partial charge in [-0.05, 0) is 56.9 Å². The highest BCUT2D eigenvalue weighted by Crippen LogP contribution is 2.29. The van der Waals surface area contributed by atoms with E-state index < -0.39 is 0 Å². The van der Waals surface area contributed by atoms with Gasteiger partial charge in [-0.25, -0.2) is 0 Å². The molecule has 0 N–H and O–H groups in total. The monoisotopic (exact) mass is 385 g/mol. The normalized spacial score (nSPS) is 20.1. The van der Waals surface area contributed by atoms with E-state index in [1.54, 1.807) is 6.92 Å². The Morgan fingerprint density at radius 3 is 2.29 bits per heavy atom. The van der Waals surface area contributed by atoms with Crippen LogP contribution in [0, 0.1) is 5.92 Å². The molecular formula is C24H35NO3. The van der Waals surface area contributed by atoms with Crippen LogP contribution in [-0.2, 0) is 9.53 Å². The van der Waals surface area contributed by atoms with Gasteiger partial charge in [0.2, 0.25) is 5.91 Å². The van der Waals surface area contributed by atoms with E-state index in [0.717, 1.165) is 38.1 Å².